The lowest BCUT2D eigenvalue weighted by molar-refractivity contribution is 0.201. The van der Waals surface area contributed by atoms with Crippen LogP contribution in [0, 0.1) is 5.92 Å². The lowest BCUT2D eigenvalue weighted by atomic mass is 10.1. The molecule has 0 saturated heterocycles. The van der Waals surface area contributed by atoms with Gasteiger partial charge in [-0.25, -0.2) is 0 Å². The third-order valence-corrected chi connectivity index (χ3v) is 3.15. The van der Waals surface area contributed by atoms with Gasteiger partial charge >= 0.3 is 0 Å². The summed E-state index contributed by atoms with van der Waals surface area (Å²) >= 11 is 0. The maximum atomic E-state index is 6.00. The number of hydrogen-bond acceptors (Lipinski definition) is 2. The van der Waals surface area contributed by atoms with Crippen molar-refractivity contribution in [3.05, 3.63) is 29.8 Å². The van der Waals surface area contributed by atoms with Gasteiger partial charge < -0.3 is 5.73 Å². The molecule has 0 atom stereocenters. The van der Waals surface area contributed by atoms with Gasteiger partial charge in [-0.2, -0.15) is 0 Å². The molecule has 0 fully saturated rings. The minimum Gasteiger partial charge on any atom is -0.398 e. The zero-order valence-corrected chi connectivity index (χ0v) is 11.6. The summed E-state index contributed by atoms with van der Waals surface area (Å²) in [6.07, 6.45) is 1.24. The van der Waals surface area contributed by atoms with Crippen molar-refractivity contribution in [2.45, 2.75) is 46.7 Å². The summed E-state index contributed by atoms with van der Waals surface area (Å²) < 4.78 is 0. The van der Waals surface area contributed by atoms with Gasteiger partial charge in [0.25, 0.3) is 0 Å². The van der Waals surface area contributed by atoms with Gasteiger partial charge in [0.1, 0.15) is 0 Å². The molecule has 0 saturated carbocycles. The van der Waals surface area contributed by atoms with Crippen LogP contribution in [-0.4, -0.2) is 17.5 Å². The Morgan fingerprint density at radius 1 is 1.12 bits per heavy atom. The summed E-state index contributed by atoms with van der Waals surface area (Å²) in [5, 5.41) is 0. The summed E-state index contributed by atoms with van der Waals surface area (Å²) in [6.45, 7) is 11.1. The fourth-order valence-corrected chi connectivity index (χ4v) is 1.84. The Morgan fingerprint density at radius 3 is 2.29 bits per heavy atom. The lowest BCUT2D eigenvalue weighted by Gasteiger charge is -2.27. The highest BCUT2D eigenvalue weighted by Crippen LogP contribution is 2.16. The van der Waals surface area contributed by atoms with Crippen LogP contribution in [0.1, 0.15) is 39.7 Å². The van der Waals surface area contributed by atoms with E-state index in [-0.39, 0.29) is 0 Å². The van der Waals surface area contributed by atoms with Gasteiger partial charge in [-0.05, 0) is 44.4 Å². The van der Waals surface area contributed by atoms with Gasteiger partial charge in [0, 0.05) is 18.3 Å². The molecule has 96 valence electrons. The first-order valence-electron chi connectivity index (χ1n) is 6.58. The molecular formula is C15H26N2. The van der Waals surface area contributed by atoms with E-state index >= 15 is 0 Å². The number of nitrogens with zero attached hydrogens (tertiary/aromatic N) is 1. The van der Waals surface area contributed by atoms with Crippen molar-refractivity contribution in [1.82, 2.24) is 4.90 Å². The number of benzene rings is 1. The zero-order chi connectivity index (χ0) is 12.8. The Labute approximate surface area is 106 Å². The first-order valence-corrected chi connectivity index (χ1v) is 6.58. The number of nitrogens with two attached hydrogens (primary N) is 1. The molecule has 0 aliphatic rings. The van der Waals surface area contributed by atoms with E-state index in [0.717, 1.165) is 24.7 Å². The Bertz CT molecular complexity index is 331. The minimum atomic E-state index is 0.563. The molecule has 2 heteroatoms. The molecule has 1 aromatic rings. The second kappa shape index (κ2) is 6.65. The van der Waals surface area contributed by atoms with Gasteiger partial charge in [0.15, 0.2) is 0 Å². The van der Waals surface area contributed by atoms with E-state index < -0.39 is 0 Å². The molecule has 0 amide bonds. The van der Waals surface area contributed by atoms with Gasteiger partial charge in [-0.3, -0.25) is 4.90 Å². The number of nitrogen functional groups attached to an aromatic ring is 1. The lowest BCUT2D eigenvalue weighted by Crippen LogP contribution is -2.32. The van der Waals surface area contributed by atoms with Crippen LogP contribution in [0.3, 0.4) is 0 Å². The molecule has 17 heavy (non-hydrogen) atoms. The molecule has 0 radical (unpaired) electrons. The van der Waals surface area contributed by atoms with Crippen LogP contribution in [0.2, 0.25) is 0 Å². The normalized spacial score (nSPS) is 11.7. The molecule has 1 rings (SSSR count). The Morgan fingerprint density at radius 2 is 1.76 bits per heavy atom. The Kier molecular flexibility index (Phi) is 5.49. The average Bonchev–Trinajstić information content (AvgIpc) is 2.25. The van der Waals surface area contributed by atoms with Gasteiger partial charge in [0.2, 0.25) is 0 Å². The van der Waals surface area contributed by atoms with Crippen molar-refractivity contribution < 1.29 is 0 Å². The maximum absolute atomic E-state index is 6.00. The molecule has 0 spiro atoms. The highest BCUT2D eigenvalue weighted by atomic mass is 15.1. The summed E-state index contributed by atoms with van der Waals surface area (Å²) in [5.74, 6) is 0.754. The highest BCUT2D eigenvalue weighted by Gasteiger charge is 2.11. The van der Waals surface area contributed by atoms with Crippen LogP contribution in [-0.2, 0) is 6.54 Å². The third kappa shape index (κ3) is 4.78. The van der Waals surface area contributed by atoms with E-state index in [2.05, 4.69) is 44.7 Å². The first kappa shape index (κ1) is 14.0. The summed E-state index contributed by atoms with van der Waals surface area (Å²) in [6, 6.07) is 8.73. The van der Waals surface area contributed by atoms with Gasteiger partial charge in [0.05, 0.1) is 0 Å². The largest absolute Gasteiger partial charge is 0.398 e. The predicted molar refractivity (Wildman–Crippen MR) is 75.9 cm³/mol. The minimum absolute atomic E-state index is 0.563. The van der Waals surface area contributed by atoms with Crippen LogP contribution in [0.5, 0.6) is 0 Å². The zero-order valence-electron chi connectivity index (χ0n) is 11.6. The van der Waals surface area contributed by atoms with E-state index in [4.69, 9.17) is 5.73 Å². The first-order chi connectivity index (χ1) is 8.00. The quantitative estimate of drug-likeness (QED) is 0.763. The van der Waals surface area contributed by atoms with Crippen LogP contribution >= 0.6 is 0 Å². The van der Waals surface area contributed by atoms with Crippen LogP contribution in [0.25, 0.3) is 0 Å². The molecule has 2 nitrogen and oxygen atoms in total. The number of anilines is 1. The Hall–Kier alpha value is -1.02. The van der Waals surface area contributed by atoms with Crippen molar-refractivity contribution in [1.29, 1.82) is 0 Å². The van der Waals surface area contributed by atoms with E-state index in [1.165, 1.54) is 12.0 Å². The van der Waals surface area contributed by atoms with E-state index in [9.17, 15) is 0 Å². The number of hydrogen-bond donors (Lipinski definition) is 1. The molecule has 0 aliphatic carbocycles. The molecule has 0 unspecified atom stereocenters. The highest BCUT2D eigenvalue weighted by molar-refractivity contribution is 5.46. The van der Waals surface area contributed by atoms with Crippen molar-refractivity contribution in [2.75, 3.05) is 12.3 Å². The molecule has 2 N–H and O–H groups in total. The smallest absolute Gasteiger partial charge is 0.0359 e. The Balaban J connectivity index is 2.64. The number of para-hydroxylation sites is 1. The summed E-state index contributed by atoms with van der Waals surface area (Å²) in [7, 11) is 0. The van der Waals surface area contributed by atoms with Crippen molar-refractivity contribution in [3.8, 4) is 0 Å². The molecule has 1 aromatic carbocycles. The van der Waals surface area contributed by atoms with Crippen LogP contribution in [0.15, 0.2) is 24.3 Å². The van der Waals surface area contributed by atoms with Gasteiger partial charge in [-0.1, -0.05) is 32.0 Å². The maximum Gasteiger partial charge on any atom is 0.0359 e. The van der Waals surface area contributed by atoms with Crippen LogP contribution in [0.4, 0.5) is 5.69 Å². The fraction of sp³-hybridized carbons (Fsp3) is 0.600. The van der Waals surface area contributed by atoms with Crippen molar-refractivity contribution in [3.63, 3.8) is 0 Å². The van der Waals surface area contributed by atoms with E-state index in [0.29, 0.717) is 6.04 Å². The molecular weight excluding hydrogens is 208 g/mol. The van der Waals surface area contributed by atoms with Crippen LogP contribution < -0.4 is 5.73 Å². The summed E-state index contributed by atoms with van der Waals surface area (Å²) in [4.78, 5) is 2.49. The molecule has 0 bridgehead atoms. The number of rotatable bonds is 6. The summed E-state index contributed by atoms with van der Waals surface area (Å²) in [5.41, 5.74) is 8.14. The molecule has 0 aromatic heterocycles. The fourth-order valence-electron chi connectivity index (χ4n) is 1.84. The second-order valence-corrected chi connectivity index (χ2v) is 5.45. The monoisotopic (exact) mass is 234 g/mol. The topological polar surface area (TPSA) is 29.3 Å². The second-order valence-electron chi connectivity index (χ2n) is 5.45. The third-order valence-electron chi connectivity index (χ3n) is 3.15. The van der Waals surface area contributed by atoms with Gasteiger partial charge in [-0.15, -0.1) is 0 Å². The van der Waals surface area contributed by atoms with E-state index in [1.807, 2.05) is 12.1 Å². The van der Waals surface area contributed by atoms with Crippen molar-refractivity contribution >= 4 is 5.69 Å². The predicted octanol–water partition coefficient (Wildman–Crippen LogP) is 3.53. The molecule has 0 heterocycles. The van der Waals surface area contributed by atoms with E-state index in [1.54, 1.807) is 0 Å². The standard InChI is InChI=1S/C15H26N2/c1-12(2)9-10-17(13(3)4)11-14-7-5-6-8-15(14)16/h5-8,12-13H,9-11,16H2,1-4H3. The molecule has 0 aliphatic heterocycles. The SMILES string of the molecule is CC(C)CCN(Cc1ccccc1N)C(C)C. The van der Waals surface area contributed by atoms with Crippen molar-refractivity contribution in [2.24, 2.45) is 5.92 Å². The average molecular weight is 234 g/mol.